The van der Waals surface area contributed by atoms with Gasteiger partial charge in [-0.1, -0.05) is 37.3 Å². The zero-order valence-corrected chi connectivity index (χ0v) is 11.8. The minimum Gasteiger partial charge on any atom is -0.324 e. The first-order valence-corrected chi connectivity index (χ1v) is 7.23. The van der Waals surface area contributed by atoms with Crippen LogP contribution in [0.25, 0.3) is 0 Å². The van der Waals surface area contributed by atoms with E-state index in [1.165, 1.54) is 5.56 Å². The third-order valence-electron chi connectivity index (χ3n) is 3.27. The van der Waals surface area contributed by atoms with Crippen molar-refractivity contribution in [2.45, 2.75) is 38.6 Å². The molecule has 0 saturated carbocycles. The monoisotopic (exact) mass is 260 g/mol. The van der Waals surface area contributed by atoms with E-state index in [-0.39, 0.29) is 5.54 Å². The van der Waals surface area contributed by atoms with Crippen molar-refractivity contribution in [1.82, 2.24) is 4.98 Å². The smallest absolute Gasteiger partial charge is 0.0946 e. The van der Waals surface area contributed by atoms with Crippen LogP contribution in [0.5, 0.6) is 0 Å². The molecule has 0 spiro atoms. The average molecular weight is 260 g/mol. The number of aryl methyl sites for hydroxylation is 1. The largest absolute Gasteiger partial charge is 0.324 e. The second-order valence-electron chi connectivity index (χ2n) is 4.94. The maximum Gasteiger partial charge on any atom is 0.0946 e. The third kappa shape index (κ3) is 3.40. The fourth-order valence-electron chi connectivity index (χ4n) is 2.10. The molecular formula is C15H20N2S. The molecule has 0 amide bonds. The minimum absolute atomic E-state index is 0.189. The summed E-state index contributed by atoms with van der Waals surface area (Å²) in [6.45, 7) is 4.19. The summed E-state index contributed by atoms with van der Waals surface area (Å²) >= 11 is 1.71. The Kier molecular flexibility index (Phi) is 4.15. The summed E-state index contributed by atoms with van der Waals surface area (Å²) in [6.07, 6.45) is 2.72. The van der Waals surface area contributed by atoms with Gasteiger partial charge < -0.3 is 5.73 Å². The molecule has 2 aromatic rings. The van der Waals surface area contributed by atoms with Crippen molar-refractivity contribution in [3.8, 4) is 0 Å². The number of nitrogens with zero attached hydrogens (tertiary/aromatic N) is 1. The van der Waals surface area contributed by atoms with E-state index in [1.807, 2.05) is 13.0 Å². The first-order valence-electron chi connectivity index (χ1n) is 6.35. The Bertz CT molecular complexity index is 492. The topological polar surface area (TPSA) is 38.9 Å². The van der Waals surface area contributed by atoms with Crippen LogP contribution in [-0.4, -0.2) is 10.5 Å². The summed E-state index contributed by atoms with van der Waals surface area (Å²) in [5, 5.41) is 3.24. The predicted molar refractivity (Wildman–Crippen MR) is 77.9 cm³/mol. The molecule has 0 aliphatic heterocycles. The SMILES string of the molecule is CCC(N)(Cc1ccccc1)Cc1nc(C)cs1. The number of thiazole rings is 1. The van der Waals surface area contributed by atoms with Crippen LogP contribution in [-0.2, 0) is 12.8 Å². The van der Waals surface area contributed by atoms with Gasteiger partial charge >= 0.3 is 0 Å². The van der Waals surface area contributed by atoms with Crippen molar-refractivity contribution in [3.05, 3.63) is 52.0 Å². The number of rotatable bonds is 5. The molecule has 0 bridgehead atoms. The van der Waals surface area contributed by atoms with Gasteiger partial charge in [-0.25, -0.2) is 4.98 Å². The Morgan fingerprint density at radius 1 is 1.22 bits per heavy atom. The van der Waals surface area contributed by atoms with Gasteiger partial charge in [0.25, 0.3) is 0 Å². The summed E-state index contributed by atoms with van der Waals surface area (Å²) in [5.74, 6) is 0. The van der Waals surface area contributed by atoms with Crippen molar-refractivity contribution >= 4 is 11.3 Å². The lowest BCUT2D eigenvalue weighted by Crippen LogP contribution is -2.43. The highest BCUT2D eigenvalue weighted by Gasteiger charge is 2.25. The Morgan fingerprint density at radius 3 is 2.50 bits per heavy atom. The summed E-state index contributed by atoms with van der Waals surface area (Å²) in [7, 11) is 0. The van der Waals surface area contributed by atoms with E-state index in [4.69, 9.17) is 5.73 Å². The summed E-state index contributed by atoms with van der Waals surface area (Å²) < 4.78 is 0. The van der Waals surface area contributed by atoms with Crippen LogP contribution in [0, 0.1) is 6.92 Å². The molecular weight excluding hydrogens is 240 g/mol. The van der Waals surface area contributed by atoms with Gasteiger partial charge in [0.1, 0.15) is 0 Å². The predicted octanol–water partition coefficient (Wildman–Crippen LogP) is 3.34. The molecule has 18 heavy (non-hydrogen) atoms. The first kappa shape index (κ1) is 13.2. The molecule has 1 aromatic heterocycles. The van der Waals surface area contributed by atoms with Crippen LogP contribution in [0.1, 0.15) is 29.6 Å². The molecule has 2 N–H and O–H groups in total. The molecule has 1 unspecified atom stereocenters. The summed E-state index contributed by atoms with van der Waals surface area (Å²) in [6, 6.07) is 10.5. The molecule has 1 heterocycles. The van der Waals surface area contributed by atoms with Gasteiger partial charge in [0, 0.05) is 23.0 Å². The van der Waals surface area contributed by atoms with E-state index in [9.17, 15) is 0 Å². The van der Waals surface area contributed by atoms with Crippen LogP contribution >= 0.6 is 11.3 Å². The number of benzene rings is 1. The molecule has 96 valence electrons. The fourth-order valence-corrected chi connectivity index (χ4v) is 3.03. The lowest BCUT2D eigenvalue weighted by atomic mass is 9.86. The maximum atomic E-state index is 6.54. The normalized spacial score (nSPS) is 14.4. The van der Waals surface area contributed by atoms with Crippen LogP contribution in [0.3, 0.4) is 0 Å². The Hall–Kier alpha value is -1.19. The lowest BCUT2D eigenvalue weighted by molar-refractivity contribution is 0.403. The third-order valence-corrected chi connectivity index (χ3v) is 4.24. The number of aromatic nitrogens is 1. The van der Waals surface area contributed by atoms with Crippen LogP contribution in [0.2, 0.25) is 0 Å². The van der Waals surface area contributed by atoms with Gasteiger partial charge in [-0.15, -0.1) is 11.3 Å². The Morgan fingerprint density at radius 2 is 1.94 bits per heavy atom. The van der Waals surface area contributed by atoms with E-state index in [0.29, 0.717) is 0 Å². The highest BCUT2D eigenvalue weighted by molar-refractivity contribution is 7.09. The van der Waals surface area contributed by atoms with Gasteiger partial charge in [0.15, 0.2) is 0 Å². The van der Waals surface area contributed by atoms with Crippen molar-refractivity contribution in [2.24, 2.45) is 5.73 Å². The Labute approximate surface area is 113 Å². The first-order chi connectivity index (χ1) is 8.61. The van der Waals surface area contributed by atoms with Gasteiger partial charge in [-0.3, -0.25) is 0 Å². The average Bonchev–Trinajstić information content (AvgIpc) is 2.75. The van der Waals surface area contributed by atoms with Crippen molar-refractivity contribution in [1.29, 1.82) is 0 Å². The molecule has 0 saturated heterocycles. The quantitative estimate of drug-likeness (QED) is 0.895. The van der Waals surface area contributed by atoms with Gasteiger partial charge in [0.2, 0.25) is 0 Å². The highest BCUT2D eigenvalue weighted by atomic mass is 32.1. The molecule has 1 atom stereocenters. The summed E-state index contributed by atoms with van der Waals surface area (Å²) in [5.41, 5.74) is 8.74. The van der Waals surface area contributed by atoms with Gasteiger partial charge in [0.05, 0.1) is 5.01 Å². The zero-order chi connectivity index (χ0) is 13.0. The van der Waals surface area contributed by atoms with Crippen LogP contribution in [0.4, 0.5) is 0 Å². The molecule has 3 heteroatoms. The van der Waals surface area contributed by atoms with Crippen LogP contribution in [0.15, 0.2) is 35.7 Å². The van der Waals surface area contributed by atoms with E-state index in [1.54, 1.807) is 11.3 Å². The highest BCUT2D eigenvalue weighted by Crippen LogP contribution is 2.22. The molecule has 0 fully saturated rings. The number of hydrogen-bond acceptors (Lipinski definition) is 3. The standard InChI is InChI=1S/C15H20N2S/c1-3-15(16,9-13-7-5-4-6-8-13)10-14-17-12(2)11-18-14/h4-8,11H,3,9-10,16H2,1-2H3. The second kappa shape index (κ2) is 5.63. The van der Waals surface area contributed by atoms with E-state index < -0.39 is 0 Å². The molecule has 0 aliphatic carbocycles. The lowest BCUT2D eigenvalue weighted by Gasteiger charge is -2.27. The zero-order valence-electron chi connectivity index (χ0n) is 11.0. The van der Waals surface area contributed by atoms with E-state index >= 15 is 0 Å². The van der Waals surface area contributed by atoms with Crippen molar-refractivity contribution in [3.63, 3.8) is 0 Å². The minimum atomic E-state index is -0.189. The van der Waals surface area contributed by atoms with Crippen molar-refractivity contribution < 1.29 is 0 Å². The molecule has 0 aliphatic rings. The second-order valence-corrected chi connectivity index (χ2v) is 5.88. The fraction of sp³-hybridized carbons (Fsp3) is 0.400. The van der Waals surface area contributed by atoms with Gasteiger partial charge in [-0.2, -0.15) is 0 Å². The van der Waals surface area contributed by atoms with Gasteiger partial charge in [-0.05, 0) is 25.3 Å². The van der Waals surface area contributed by atoms with E-state index in [0.717, 1.165) is 30.0 Å². The van der Waals surface area contributed by atoms with Crippen LogP contribution < -0.4 is 5.73 Å². The molecule has 1 aromatic carbocycles. The molecule has 0 radical (unpaired) electrons. The molecule has 2 nitrogen and oxygen atoms in total. The Balaban J connectivity index is 2.10. The number of hydrogen-bond donors (Lipinski definition) is 1. The van der Waals surface area contributed by atoms with Crippen molar-refractivity contribution in [2.75, 3.05) is 0 Å². The summed E-state index contributed by atoms with van der Waals surface area (Å²) in [4.78, 5) is 4.52. The number of nitrogens with two attached hydrogens (primary N) is 1. The van der Waals surface area contributed by atoms with E-state index in [2.05, 4.69) is 41.6 Å². The molecule has 2 rings (SSSR count). The maximum absolute atomic E-state index is 6.54.